The van der Waals surface area contributed by atoms with Crippen LogP contribution in [0.2, 0.25) is 0 Å². The summed E-state index contributed by atoms with van der Waals surface area (Å²) >= 11 is 1.73. The number of aromatic nitrogens is 1. The van der Waals surface area contributed by atoms with Gasteiger partial charge in [0.05, 0.1) is 19.3 Å². The molecule has 1 aliphatic rings. The maximum atomic E-state index is 6.02. The number of hydrogen-bond acceptors (Lipinski definition) is 4. The molecular formula is C19H20N2OS. The SMILES string of the molecule is c1ccc2c(CC3CN(Cc4nccs4)CCO3)cccc2c1. The largest absolute Gasteiger partial charge is 0.375 e. The smallest absolute Gasteiger partial charge is 0.107 e. The molecule has 1 saturated heterocycles. The Morgan fingerprint density at radius 2 is 2.09 bits per heavy atom. The lowest BCUT2D eigenvalue weighted by Gasteiger charge is -2.32. The van der Waals surface area contributed by atoms with Gasteiger partial charge in [0.15, 0.2) is 0 Å². The minimum Gasteiger partial charge on any atom is -0.375 e. The van der Waals surface area contributed by atoms with Crippen molar-refractivity contribution in [1.82, 2.24) is 9.88 Å². The standard InChI is InChI=1S/C19H20N2OS/c1-2-7-18-15(4-1)5-3-6-16(18)12-17-13-21(9-10-22-17)14-19-20-8-11-23-19/h1-8,11,17H,9-10,12-14H2. The van der Waals surface area contributed by atoms with Crippen molar-refractivity contribution in [2.24, 2.45) is 0 Å². The van der Waals surface area contributed by atoms with Crippen LogP contribution in [0, 0.1) is 0 Å². The van der Waals surface area contributed by atoms with E-state index in [1.165, 1.54) is 21.3 Å². The molecule has 1 fully saturated rings. The Bertz CT molecular complexity index is 767. The first kappa shape index (κ1) is 14.8. The van der Waals surface area contributed by atoms with Crippen LogP contribution in [-0.4, -0.2) is 35.7 Å². The van der Waals surface area contributed by atoms with Gasteiger partial charge in [0.2, 0.25) is 0 Å². The molecule has 4 heteroatoms. The predicted molar refractivity (Wildman–Crippen MR) is 94.8 cm³/mol. The maximum Gasteiger partial charge on any atom is 0.107 e. The molecule has 0 aliphatic carbocycles. The van der Waals surface area contributed by atoms with Gasteiger partial charge in [-0.3, -0.25) is 4.90 Å². The second-order valence-corrected chi connectivity index (χ2v) is 6.98. The molecule has 0 spiro atoms. The molecule has 1 aliphatic heterocycles. The van der Waals surface area contributed by atoms with Gasteiger partial charge < -0.3 is 4.74 Å². The molecule has 2 heterocycles. The summed E-state index contributed by atoms with van der Waals surface area (Å²) in [6, 6.07) is 15.1. The Hall–Kier alpha value is -1.75. The first-order valence-electron chi connectivity index (χ1n) is 8.07. The molecule has 0 amide bonds. The number of fused-ring (bicyclic) bond motifs is 1. The number of rotatable bonds is 4. The number of ether oxygens (including phenoxy) is 1. The van der Waals surface area contributed by atoms with Crippen LogP contribution in [0.15, 0.2) is 54.0 Å². The van der Waals surface area contributed by atoms with Gasteiger partial charge in [0.1, 0.15) is 5.01 Å². The lowest BCUT2D eigenvalue weighted by Crippen LogP contribution is -2.42. The van der Waals surface area contributed by atoms with Crippen molar-refractivity contribution >= 4 is 22.1 Å². The summed E-state index contributed by atoms with van der Waals surface area (Å²) in [6.07, 6.45) is 3.11. The fourth-order valence-electron chi connectivity index (χ4n) is 3.29. The Morgan fingerprint density at radius 3 is 3.00 bits per heavy atom. The second kappa shape index (κ2) is 6.79. The molecule has 3 nitrogen and oxygen atoms in total. The molecule has 1 unspecified atom stereocenters. The van der Waals surface area contributed by atoms with Gasteiger partial charge >= 0.3 is 0 Å². The number of morpholine rings is 1. The second-order valence-electron chi connectivity index (χ2n) is 6.00. The molecular weight excluding hydrogens is 304 g/mol. The Morgan fingerprint density at radius 1 is 1.17 bits per heavy atom. The molecule has 118 valence electrons. The number of benzene rings is 2. The van der Waals surface area contributed by atoms with Crippen LogP contribution in [0.3, 0.4) is 0 Å². The van der Waals surface area contributed by atoms with E-state index in [-0.39, 0.29) is 6.10 Å². The molecule has 0 N–H and O–H groups in total. The van der Waals surface area contributed by atoms with Crippen molar-refractivity contribution in [2.75, 3.05) is 19.7 Å². The van der Waals surface area contributed by atoms with Gasteiger partial charge in [-0.25, -0.2) is 4.98 Å². The molecule has 1 aromatic heterocycles. The quantitative estimate of drug-likeness (QED) is 0.731. The lowest BCUT2D eigenvalue weighted by atomic mass is 9.99. The number of thiazole rings is 1. The number of hydrogen-bond donors (Lipinski definition) is 0. The summed E-state index contributed by atoms with van der Waals surface area (Å²) in [5, 5.41) is 5.88. The van der Waals surface area contributed by atoms with E-state index in [2.05, 4.69) is 52.3 Å². The van der Waals surface area contributed by atoms with Crippen molar-refractivity contribution < 1.29 is 4.74 Å². The van der Waals surface area contributed by atoms with Crippen LogP contribution in [0.4, 0.5) is 0 Å². The third-order valence-corrected chi connectivity index (χ3v) is 5.16. The van der Waals surface area contributed by atoms with Crippen LogP contribution in [0.1, 0.15) is 10.6 Å². The first-order valence-corrected chi connectivity index (χ1v) is 8.95. The van der Waals surface area contributed by atoms with Crippen LogP contribution < -0.4 is 0 Å². The molecule has 0 bridgehead atoms. The summed E-state index contributed by atoms with van der Waals surface area (Å²) in [7, 11) is 0. The van der Waals surface area contributed by atoms with E-state index in [9.17, 15) is 0 Å². The van der Waals surface area contributed by atoms with Gasteiger partial charge in [0, 0.05) is 31.1 Å². The zero-order valence-corrected chi connectivity index (χ0v) is 13.8. The van der Waals surface area contributed by atoms with Crippen molar-refractivity contribution in [3.05, 3.63) is 64.6 Å². The molecule has 2 aromatic carbocycles. The van der Waals surface area contributed by atoms with Gasteiger partial charge in [-0.15, -0.1) is 11.3 Å². The molecule has 0 saturated carbocycles. The average molecular weight is 324 g/mol. The topological polar surface area (TPSA) is 25.4 Å². The zero-order valence-electron chi connectivity index (χ0n) is 13.0. The first-order chi connectivity index (χ1) is 11.4. The molecule has 3 aromatic rings. The predicted octanol–water partition coefficient (Wildman–Crippen LogP) is 3.74. The van der Waals surface area contributed by atoms with Crippen LogP contribution in [0.25, 0.3) is 10.8 Å². The van der Waals surface area contributed by atoms with E-state index in [1.807, 2.05) is 11.6 Å². The monoisotopic (exact) mass is 324 g/mol. The highest BCUT2D eigenvalue weighted by atomic mass is 32.1. The summed E-state index contributed by atoms with van der Waals surface area (Å²) < 4.78 is 6.02. The third-order valence-electron chi connectivity index (χ3n) is 4.39. The Balaban J connectivity index is 1.47. The fraction of sp³-hybridized carbons (Fsp3) is 0.316. The van der Waals surface area contributed by atoms with E-state index >= 15 is 0 Å². The summed E-state index contributed by atoms with van der Waals surface area (Å²) in [6.45, 7) is 3.71. The van der Waals surface area contributed by atoms with E-state index in [1.54, 1.807) is 11.3 Å². The molecule has 0 radical (unpaired) electrons. The highest BCUT2D eigenvalue weighted by molar-refractivity contribution is 7.09. The molecule has 1 atom stereocenters. The van der Waals surface area contributed by atoms with Crippen molar-refractivity contribution in [1.29, 1.82) is 0 Å². The summed E-state index contributed by atoms with van der Waals surface area (Å²) in [4.78, 5) is 6.85. The minimum atomic E-state index is 0.259. The minimum absolute atomic E-state index is 0.259. The van der Waals surface area contributed by atoms with Gasteiger partial charge in [-0.2, -0.15) is 0 Å². The molecule has 4 rings (SSSR count). The summed E-state index contributed by atoms with van der Waals surface area (Å²) in [5.41, 5.74) is 1.38. The zero-order chi connectivity index (χ0) is 15.5. The highest BCUT2D eigenvalue weighted by Crippen LogP contribution is 2.22. The van der Waals surface area contributed by atoms with E-state index in [4.69, 9.17) is 4.74 Å². The lowest BCUT2D eigenvalue weighted by molar-refractivity contribution is -0.0303. The van der Waals surface area contributed by atoms with Crippen LogP contribution in [-0.2, 0) is 17.7 Å². The highest BCUT2D eigenvalue weighted by Gasteiger charge is 2.22. The van der Waals surface area contributed by atoms with Gasteiger partial charge in [-0.05, 0) is 16.3 Å². The van der Waals surface area contributed by atoms with E-state index in [0.717, 1.165) is 32.7 Å². The third kappa shape index (κ3) is 3.44. The Labute approximate surface area is 140 Å². The summed E-state index contributed by atoms with van der Waals surface area (Å²) in [5.74, 6) is 0. The van der Waals surface area contributed by atoms with Gasteiger partial charge in [-0.1, -0.05) is 42.5 Å². The van der Waals surface area contributed by atoms with E-state index < -0.39 is 0 Å². The number of nitrogens with zero attached hydrogens (tertiary/aromatic N) is 2. The van der Waals surface area contributed by atoms with Gasteiger partial charge in [0.25, 0.3) is 0 Å². The Kier molecular flexibility index (Phi) is 4.37. The molecule has 23 heavy (non-hydrogen) atoms. The average Bonchev–Trinajstić information content (AvgIpc) is 3.09. The van der Waals surface area contributed by atoms with E-state index in [0.29, 0.717) is 0 Å². The maximum absolute atomic E-state index is 6.02. The normalized spacial score (nSPS) is 19.2. The fourth-order valence-corrected chi connectivity index (χ4v) is 3.94. The van der Waals surface area contributed by atoms with Crippen molar-refractivity contribution in [3.63, 3.8) is 0 Å². The van der Waals surface area contributed by atoms with Crippen molar-refractivity contribution in [3.8, 4) is 0 Å². The van der Waals surface area contributed by atoms with Crippen LogP contribution >= 0.6 is 11.3 Å². The van der Waals surface area contributed by atoms with Crippen molar-refractivity contribution in [2.45, 2.75) is 19.1 Å². The van der Waals surface area contributed by atoms with Crippen LogP contribution in [0.5, 0.6) is 0 Å².